The van der Waals surface area contributed by atoms with Crippen LogP contribution >= 0.6 is 0 Å². The molecular formula is C23H29N3O4. The minimum atomic E-state index is -0.701. The number of carbonyl (C=O) groups excluding carboxylic acids is 2. The zero-order valence-corrected chi connectivity index (χ0v) is 17.7. The third-order valence-corrected chi connectivity index (χ3v) is 5.31. The van der Waals surface area contributed by atoms with E-state index in [0.29, 0.717) is 17.2 Å². The third kappa shape index (κ3) is 5.23. The summed E-state index contributed by atoms with van der Waals surface area (Å²) in [6.07, 6.45) is 3.69. The van der Waals surface area contributed by atoms with E-state index in [4.69, 9.17) is 9.47 Å². The molecule has 1 aliphatic rings. The lowest BCUT2D eigenvalue weighted by atomic mass is 10.1. The molecule has 7 heteroatoms. The zero-order chi connectivity index (χ0) is 21.5. The van der Waals surface area contributed by atoms with Crippen molar-refractivity contribution >= 4 is 23.2 Å². The predicted molar refractivity (Wildman–Crippen MR) is 117 cm³/mol. The van der Waals surface area contributed by atoms with Crippen LogP contribution in [0.3, 0.4) is 0 Å². The Hall–Kier alpha value is -3.22. The van der Waals surface area contributed by atoms with Crippen molar-refractivity contribution in [3.63, 3.8) is 0 Å². The lowest BCUT2D eigenvalue weighted by molar-refractivity contribution is -0.136. The van der Waals surface area contributed by atoms with Gasteiger partial charge in [-0.15, -0.1) is 0 Å². The maximum atomic E-state index is 12.3. The standard InChI is InChI=1S/C23H29N3O4/c1-16(17-7-12-20(29-2)21(15-17)30-3)24-22(27)23(28)25-18-8-10-19(11-9-18)26-13-5-4-6-14-26/h7-12,15-16H,4-6,13-14H2,1-3H3,(H,24,27)(H,25,28). The minimum absolute atomic E-state index is 0.371. The van der Waals surface area contributed by atoms with E-state index in [1.54, 1.807) is 33.3 Å². The molecule has 0 spiro atoms. The van der Waals surface area contributed by atoms with Crippen molar-refractivity contribution < 1.29 is 19.1 Å². The summed E-state index contributed by atoms with van der Waals surface area (Å²) in [6.45, 7) is 3.92. The van der Waals surface area contributed by atoms with Gasteiger partial charge in [-0.2, -0.15) is 0 Å². The van der Waals surface area contributed by atoms with Crippen molar-refractivity contribution in [2.45, 2.75) is 32.2 Å². The SMILES string of the molecule is COc1ccc(C(C)NC(=O)C(=O)Nc2ccc(N3CCCCC3)cc2)cc1OC. The summed E-state index contributed by atoms with van der Waals surface area (Å²) in [5, 5.41) is 5.37. The number of nitrogens with zero attached hydrogens (tertiary/aromatic N) is 1. The van der Waals surface area contributed by atoms with E-state index in [1.165, 1.54) is 19.3 Å². The van der Waals surface area contributed by atoms with Gasteiger partial charge in [0.15, 0.2) is 11.5 Å². The minimum Gasteiger partial charge on any atom is -0.493 e. The van der Waals surface area contributed by atoms with Crippen LogP contribution < -0.4 is 25.0 Å². The van der Waals surface area contributed by atoms with E-state index in [9.17, 15) is 9.59 Å². The normalized spacial score (nSPS) is 14.6. The first-order valence-electron chi connectivity index (χ1n) is 10.2. The Labute approximate surface area is 177 Å². The molecular weight excluding hydrogens is 382 g/mol. The van der Waals surface area contributed by atoms with Crippen LogP contribution in [0.4, 0.5) is 11.4 Å². The van der Waals surface area contributed by atoms with E-state index < -0.39 is 11.8 Å². The molecule has 0 aliphatic carbocycles. The van der Waals surface area contributed by atoms with Gasteiger partial charge in [0, 0.05) is 24.5 Å². The molecule has 1 aliphatic heterocycles. The second kappa shape index (κ2) is 10.0. The molecule has 2 amide bonds. The number of methoxy groups -OCH3 is 2. The van der Waals surface area contributed by atoms with Crippen molar-refractivity contribution in [3.05, 3.63) is 48.0 Å². The molecule has 1 atom stereocenters. The summed E-state index contributed by atoms with van der Waals surface area (Å²) < 4.78 is 10.5. The van der Waals surface area contributed by atoms with Crippen molar-refractivity contribution in [1.82, 2.24) is 5.32 Å². The second-order valence-electron chi connectivity index (χ2n) is 7.36. The van der Waals surface area contributed by atoms with E-state index in [-0.39, 0.29) is 6.04 Å². The van der Waals surface area contributed by atoms with Crippen molar-refractivity contribution in [2.24, 2.45) is 0 Å². The van der Waals surface area contributed by atoms with Gasteiger partial charge in [-0.25, -0.2) is 0 Å². The van der Waals surface area contributed by atoms with Crippen LogP contribution in [0.25, 0.3) is 0 Å². The molecule has 0 aromatic heterocycles. The molecule has 0 saturated carbocycles. The smallest absolute Gasteiger partial charge is 0.313 e. The summed E-state index contributed by atoms with van der Waals surface area (Å²) in [4.78, 5) is 27.0. The molecule has 1 fully saturated rings. The maximum Gasteiger partial charge on any atom is 0.313 e. The molecule has 160 valence electrons. The predicted octanol–water partition coefficient (Wildman–Crippen LogP) is 3.51. The Morgan fingerprint density at radius 3 is 2.20 bits per heavy atom. The molecule has 0 radical (unpaired) electrons. The van der Waals surface area contributed by atoms with Gasteiger partial charge < -0.3 is 25.0 Å². The molecule has 1 saturated heterocycles. The van der Waals surface area contributed by atoms with E-state index in [2.05, 4.69) is 15.5 Å². The highest BCUT2D eigenvalue weighted by molar-refractivity contribution is 6.39. The van der Waals surface area contributed by atoms with Crippen LogP contribution in [0.2, 0.25) is 0 Å². The van der Waals surface area contributed by atoms with Gasteiger partial charge >= 0.3 is 11.8 Å². The van der Waals surface area contributed by atoms with Crippen molar-refractivity contribution in [3.8, 4) is 11.5 Å². The molecule has 7 nitrogen and oxygen atoms in total. The van der Waals surface area contributed by atoms with Crippen LogP contribution in [0.1, 0.15) is 37.8 Å². The van der Waals surface area contributed by atoms with Crippen LogP contribution in [0.15, 0.2) is 42.5 Å². The fourth-order valence-corrected chi connectivity index (χ4v) is 3.56. The average molecular weight is 412 g/mol. The van der Waals surface area contributed by atoms with Crippen molar-refractivity contribution in [2.75, 3.05) is 37.5 Å². The number of carbonyl (C=O) groups is 2. The van der Waals surface area contributed by atoms with Gasteiger partial charge in [-0.3, -0.25) is 9.59 Å². The lowest BCUT2D eigenvalue weighted by Crippen LogP contribution is -2.36. The largest absolute Gasteiger partial charge is 0.493 e. The summed E-state index contributed by atoms with van der Waals surface area (Å²) in [6, 6.07) is 12.6. The second-order valence-corrected chi connectivity index (χ2v) is 7.36. The quantitative estimate of drug-likeness (QED) is 0.711. The Morgan fingerprint density at radius 2 is 1.57 bits per heavy atom. The van der Waals surface area contributed by atoms with Crippen LogP contribution in [0, 0.1) is 0 Å². The third-order valence-electron chi connectivity index (χ3n) is 5.31. The topological polar surface area (TPSA) is 79.9 Å². The monoisotopic (exact) mass is 411 g/mol. The zero-order valence-electron chi connectivity index (χ0n) is 17.7. The fourth-order valence-electron chi connectivity index (χ4n) is 3.56. The fraction of sp³-hybridized carbons (Fsp3) is 0.391. The number of amides is 2. The van der Waals surface area contributed by atoms with Gasteiger partial charge in [0.05, 0.1) is 20.3 Å². The number of nitrogens with one attached hydrogen (secondary N) is 2. The highest BCUT2D eigenvalue weighted by atomic mass is 16.5. The number of hydrogen-bond acceptors (Lipinski definition) is 5. The van der Waals surface area contributed by atoms with Gasteiger partial charge in [0.25, 0.3) is 0 Å². The first-order chi connectivity index (χ1) is 14.5. The van der Waals surface area contributed by atoms with Crippen LogP contribution in [-0.2, 0) is 9.59 Å². The highest BCUT2D eigenvalue weighted by Crippen LogP contribution is 2.30. The summed E-state index contributed by atoms with van der Waals surface area (Å²) >= 11 is 0. The Balaban J connectivity index is 1.57. The van der Waals surface area contributed by atoms with E-state index in [0.717, 1.165) is 24.3 Å². The molecule has 1 heterocycles. The van der Waals surface area contributed by atoms with Gasteiger partial charge in [0.1, 0.15) is 0 Å². The average Bonchev–Trinajstić information content (AvgIpc) is 2.79. The van der Waals surface area contributed by atoms with Crippen molar-refractivity contribution in [1.29, 1.82) is 0 Å². The molecule has 3 rings (SSSR count). The van der Waals surface area contributed by atoms with Gasteiger partial charge in [0.2, 0.25) is 0 Å². The summed E-state index contributed by atoms with van der Waals surface area (Å²) in [7, 11) is 3.11. The first kappa shape index (κ1) is 21.5. The van der Waals surface area contributed by atoms with Gasteiger partial charge in [-0.05, 0) is 68.1 Å². The number of ether oxygens (including phenoxy) is 2. The molecule has 2 aromatic carbocycles. The van der Waals surface area contributed by atoms with E-state index in [1.807, 2.05) is 30.3 Å². The molecule has 1 unspecified atom stereocenters. The molecule has 0 bridgehead atoms. The number of hydrogen-bond donors (Lipinski definition) is 2. The number of benzene rings is 2. The molecule has 30 heavy (non-hydrogen) atoms. The lowest BCUT2D eigenvalue weighted by Gasteiger charge is -2.28. The van der Waals surface area contributed by atoms with E-state index >= 15 is 0 Å². The summed E-state index contributed by atoms with van der Waals surface area (Å²) in [5.74, 6) is -0.231. The molecule has 2 aromatic rings. The first-order valence-corrected chi connectivity index (χ1v) is 10.2. The van der Waals surface area contributed by atoms with Gasteiger partial charge in [-0.1, -0.05) is 6.07 Å². The Kier molecular flexibility index (Phi) is 7.17. The summed E-state index contributed by atoms with van der Waals surface area (Å²) in [5.41, 5.74) is 2.54. The number of anilines is 2. The molecule has 2 N–H and O–H groups in total. The van der Waals surface area contributed by atoms with Crippen LogP contribution in [-0.4, -0.2) is 39.1 Å². The number of piperidine rings is 1. The Morgan fingerprint density at radius 1 is 0.900 bits per heavy atom. The Bertz CT molecular complexity index is 877. The number of rotatable bonds is 6. The highest BCUT2D eigenvalue weighted by Gasteiger charge is 2.19. The maximum absolute atomic E-state index is 12.3. The van der Waals surface area contributed by atoms with Crippen LogP contribution in [0.5, 0.6) is 11.5 Å².